The molecule has 0 aliphatic rings. The molecule has 0 amide bonds. The van der Waals surface area contributed by atoms with Gasteiger partial charge in [-0.1, -0.05) is 13.8 Å². The molecule has 0 radical (unpaired) electrons. The standard InChI is InChI=1S/C13H22N2O2/c1-9(2)12(16)7-6-11-13(17-5)8-14-15(11)10(3)4/h8-10H,6-7H2,1-5H3. The Hall–Kier alpha value is -1.32. The fourth-order valence-corrected chi connectivity index (χ4v) is 1.76. The first kappa shape index (κ1) is 13.7. The average Bonchev–Trinajstić information content (AvgIpc) is 2.68. The Morgan fingerprint density at radius 1 is 1.41 bits per heavy atom. The Morgan fingerprint density at radius 2 is 2.06 bits per heavy atom. The molecule has 4 nitrogen and oxygen atoms in total. The van der Waals surface area contributed by atoms with Crippen LogP contribution in [0.15, 0.2) is 6.20 Å². The lowest BCUT2D eigenvalue weighted by Gasteiger charge is -2.12. The van der Waals surface area contributed by atoms with Crippen LogP contribution in [0.4, 0.5) is 0 Å². The number of rotatable bonds is 6. The van der Waals surface area contributed by atoms with E-state index in [2.05, 4.69) is 18.9 Å². The maximum Gasteiger partial charge on any atom is 0.159 e. The van der Waals surface area contributed by atoms with Gasteiger partial charge in [0.05, 0.1) is 19.0 Å². The van der Waals surface area contributed by atoms with E-state index in [9.17, 15) is 4.79 Å². The van der Waals surface area contributed by atoms with Crippen molar-refractivity contribution in [2.24, 2.45) is 5.92 Å². The largest absolute Gasteiger partial charge is 0.493 e. The molecule has 0 saturated heterocycles. The van der Waals surface area contributed by atoms with Gasteiger partial charge in [-0.2, -0.15) is 5.10 Å². The smallest absolute Gasteiger partial charge is 0.159 e. The molecule has 0 fully saturated rings. The van der Waals surface area contributed by atoms with Crippen LogP contribution in [0.3, 0.4) is 0 Å². The molecule has 0 saturated carbocycles. The van der Waals surface area contributed by atoms with Gasteiger partial charge in [-0.05, 0) is 20.3 Å². The summed E-state index contributed by atoms with van der Waals surface area (Å²) in [5.41, 5.74) is 1.01. The molecule has 1 aromatic rings. The molecule has 0 aliphatic heterocycles. The van der Waals surface area contributed by atoms with E-state index in [0.29, 0.717) is 12.8 Å². The van der Waals surface area contributed by atoms with Gasteiger partial charge in [-0.3, -0.25) is 9.48 Å². The third-order valence-electron chi connectivity index (χ3n) is 2.82. The van der Waals surface area contributed by atoms with Gasteiger partial charge < -0.3 is 4.74 Å². The molecular weight excluding hydrogens is 216 g/mol. The van der Waals surface area contributed by atoms with Crippen molar-refractivity contribution < 1.29 is 9.53 Å². The maximum absolute atomic E-state index is 11.6. The lowest BCUT2D eigenvalue weighted by Crippen LogP contribution is -2.12. The zero-order valence-electron chi connectivity index (χ0n) is 11.4. The molecule has 0 N–H and O–H groups in total. The summed E-state index contributed by atoms with van der Waals surface area (Å²) >= 11 is 0. The summed E-state index contributed by atoms with van der Waals surface area (Å²) in [4.78, 5) is 11.6. The van der Waals surface area contributed by atoms with Crippen molar-refractivity contribution >= 4 is 5.78 Å². The van der Waals surface area contributed by atoms with Gasteiger partial charge in [0, 0.05) is 18.4 Å². The van der Waals surface area contributed by atoms with Crippen LogP contribution in [0.25, 0.3) is 0 Å². The molecule has 0 aliphatic carbocycles. The first-order valence-corrected chi connectivity index (χ1v) is 6.10. The highest BCUT2D eigenvalue weighted by molar-refractivity contribution is 5.80. The first-order valence-electron chi connectivity index (χ1n) is 6.10. The van der Waals surface area contributed by atoms with Crippen molar-refractivity contribution in [3.63, 3.8) is 0 Å². The Labute approximate surface area is 103 Å². The predicted molar refractivity (Wildman–Crippen MR) is 67.3 cm³/mol. The highest BCUT2D eigenvalue weighted by Crippen LogP contribution is 2.22. The van der Waals surface area contributed by atoms with Crippen molar-refractivity contribution in [2.45, 2.75) is 46.6 Å². The van der Waals surface area contributed by atoms with Gasteiger partial charge in [-0.25, -0.2) is 0 Å². The topological polar surface area (TPSA) is 44.1 Å². The highest BCUT2D eigenvalue weighted by atomic mass is 16.5. The summed E-state index contributed by atoms with van der Waals surface area (Å²) in [6.07, 6.45) is 2.96. The van der Waals surface area contributed by atoms with Crippen LogP contribution < -0.4 is 4.74 Å². The van der Waals surface area contributed by atoms with E-state index in [-0.39, 0.29) is 17.7 Å². The predicted octanol–water partition coefficient (Wildman–Crippen LogP) is 2.63. The van der Waals surface area contributed by atoms with E-state index in [1.54, 1.807) is 13.3 Å². The highest BCUT2D eigenvalue weighted by Gasteiger charge is 2.16. The number of ether oxygens (including phenoxy) is 1. The van der Waals surface area contributed by atoms with Crippen LogP contribution in [-0.2, 0) is 11.2 Å². The van der Waals surface area contributed by atoms with Crippen LogP contribution in [0.5, 0.6) is 5.75 Å². The van der Waals surface area contributed by atoms with Crippen LogP contribution in [0.1, 0.15) is 45.9 Å². The van der Waals surface area contributed by atoms with Gasteiger partial charge in [-0.15, -0.1) is 0 Å². The molecule has 17 heavy (non-hydrogen) atoms. The van der Waals surface area contributed by atoms with Crippen molar-refractivity contribution in [1.82, 2.24) is 9.78 Å². The number of hydrogen-bond donors (Lipinski definition) is 0. The zero-order valence-corrected chi connectivity index (χ0v) is 11.4. The second kappa shape index (κ2) is 5.84. The molecule has 0 atom stereocenters. The summed E-state index contributed by atoms with van der Waals surface area (Å²) in [5.74, 6) is 1.15. The minimum Gasteiger partial charge on any atom is -0.493 e. The number of hydrogen-bond acceptors (Lipinski definition) is 3. The summed E-state index contributed by atoms with van der Waals surface area (Å²) in [6, 6.07) is 0.281. The fraction of sp³-hybridized carbons (Fsp3) is 0.692. The number of aromatic nitrogens is 2. The zero-order chi connectivity index (χ0) is 13.0. The Bertz CT molecular complexity index is 381. The Kier molecular flexibility index (Phi) is 4.73. The molecule has 1 heterocycles. The van der Waals surface area contributed by atoms with Crippen LogP contribution >= 0.6 is 0 Å². The van der Waals surface area contributed by atoms with E-state index in [1.807, 2.05) is 18.5 Å². The van der Waals surface area contributed by atoms with Gasteiger partial charge in [0.2, 0.25) is 0 Å². The Morgan fingerprint density at radius 3 is 2.53 bits per heavy atom. The van der Waals surface area contributed by atoms with Gasteiger partial charge in [0.25, 0.3) is 0 Å². The van der Waals surface area contributed by atoms with Crippen LogP contribution in [0.2, 0.25) is 0 Å². The second-order valence-electron chi connectivity index (χ2n) is 4.82. The summed E-state index contributed by atoms with van der Waals surface area (Å²) in [7, 11) is 1.63. The molecular formula is C13H22N2O2. The molecule has 1 aromatic heterocycles. The monoisotopic (exact) mass is 238 g/mol. The van der Waals surface area contributed by atoms with Crippen LogP contribution in [0, 0.1) is 5.92 Å². The second-order valence-corrected chi connectivity index (χ2v) is 4.82. The van der Waals surface area contributed by atoms with Crippen molar-refractivity contribution in [3.8, 4) is 5.75 Å². The lowest BCUT2D eigenvalue weighted by atomic mass is 10.0. The molecule has 0 spiro atoms. The van der Waals surface area contributed by atoms with E-state index >= 15 is 0 Å². The van der Waals surface area contributed by atoms with Gasteiger partial charge in [0.15, 0.2) is 5.75 Å². The first-order chi connectivity index (χ1) is 7.97. The average molecular weight is 238 g/mol. The van der Waals surface area contributed by atoms with Crippen molar-refractivity contribution in [3.05, 3.63) is 11.9 Å². The number of nitrogens with zero attached hydrogens (tertiary/aromatic N) is 2. The molecule has 4 heteroatoms. The lowest BCUT2D eigenvalue weighted by molar-refractivity contribution is -0.121. The number of carbonyl (C=O) groups excluding carboxylic acids is 1. The molecule has 1 rings (SSSR count). The van der Waals surface area contributed by atoms with E-state index in [4.69, 9.17) is 4.74 Å². The molecule has 0 unspecified atom stereocenters. The SMILES string of the molecule is COc1cnn(C(C)C)c1CCC(=O)C(C)C. The Balaban J connectivity index is 2.81. The van der Waals surface area contributed by atoms with Gasteiger partial charge >= 0.3 is 0 Å². The normalized spacial score (nSPS) is 11.2. The minimum absolute atomic E-state index is 0.0939. The quantitative estimate of drug-likeness (QED) is 0.765. The minimum atomic E-state index is 0.0939. The maximum atomic E-state index is 11.6. The molecule has 96 valence electrons. The number of methoxy groups -OCH3 is 1. The third-order valence-corrected chi connectivity index (χ3v) is 2.82. The summed E-state index contributed by atoms with van der Waals surface area (Å²) < 4.78 is 7.20. The van der Waals surface area contributed by atoms with E-state index in [1.165, 1.54) is 0 Å². The molecule has 0 bridgehead atoms. The van der Waals surface area contributed by atoms with Crippen molar-refractivity contribution in [2.75, 3.05) is 7.11 Å². The van der Waals surface area contributed by atoms with Gasteiger partial charge in [0.1, 0.15) is 5.78 Å². The number of ketones is 1. The van der Waals surface area contributed by atoms with E-state index in [0.717, 1.165) is 11.4 Å². The van der Waals surface area contributed by atoms with E-state index < -0.39 is 0 Å². The number of carbonyl (C=O) groups is 1. The van der Waals surface area contributed by atoms with Crippen molar-refractivity contribution in [1.29, 1.82) is 0 Å². The number of Topliss-reactive ketones (excluding diaryl/α,β-unsaturated/α-hetero) is 1. The summed E-state index contributed by atoms with van der Waals surface area (Å²) in [6.45, 7) is 8.00. The third kappa shape index (κ3) is 3.32. The van der Waals surface area contributed by atoms with Crippen LogP contribution in [-0.4, -0.2) is 22.7 Å². The molecule has 0 aromatic carbocycles. The summed E-state index contributed by atoms with van der Waals surface area (Å²) in [5, 5.41) is 4.29. The fourth-order valence-electron chi connectivity index (χ4n) is 1.76.